The van der Waals surface area contributed by atoms with E-state index in [0.29, 0.717) is 16.9 Å². The summed E-state index contributed by atoms with van der Waals surface area (Å²) in [4.78, 5) is 24.2. The lowest BCUT2D eigenvalue weighted by Gasteiger charge is -2.13. The molecule has 2 aromatic carbocycles. The van der Waals surface area contributed by atoms with Crippen LogP contribution >= 0.6 is 0 Å². The highest BCUT2D eigenvalue weighted by molar-refractivity contribution is 6.43. The third-order valence-electron chi connectivity index (χ3n) is 3.58. The van der Waals surface area contributed by atoms with E-state index in [4.69, 9.17) is 0 Å². The number of anilines is 2. The SMILES string of the molecule is Cc1cc(C)c(NC(=O)C(=O)Nc2ccc(O)cc2C)c(C)c1. The lowest BCUT2D eigenvalue weighted by molar-refractivity contribution is -0.133. The van der Waals surface area contributed by atoms with E-state index in [1.54, 1.807) is 13.0 Å². The number of carbonyl (C=O) groups excluding carboxylic acids is 2. The van der Waals surface area contributed by atoms with Crippen molar-refractivity contribution in [3.05, 3.63) is 52.6 Å². The van der Waals surface area contributed by atoms with Gasteiger partial charge in [0.15, 0.2) is 0 Å². The number of hydrogen-bond acceptors (Lipinski definition) is 3. The van der Waals surface area contributed by atoms with Gasteiger partial charge < -0.3 is 15.7 Å². The molecular weight excluding hydrogens is 292 g/mol. The number of amides is 2. The van der Waals surface area contributed by atoms with Crippen LogP contribution in [0.2, 0.25) is 0 Å². The fourth-order valence-corrected chi connectivity index (χ4v) is 2.51. The largest absolute Gasteiger partial charge is 0.508 e. The third kappa shape index (κ3) is 3.88. The van der Waals surface area contributed by atoms with Crippen LogP contribution in [0.25, 0.3) is 0 Å². The lowest BCUT2D eigenvalue weighted by atomic mass is 10.1. The van der Waals surface area contributed by atoms with Crippen LogP contribution in [0.4, 0.5) is 11.4 Å². The quantitative estimate of drug-likeness (QED) is 0.588. The minimum Gasteiger partial charge on any atom is -0.508 e. The van der Waals surface area contributed by atoms with Gasteiger partial charge in [-0.1, -0.05) is 17.7 Å². The van der Waals surface area contributed by atoms with Gasteiger partial charge in [-0.3, -0.25) is 9.59 Å². The first-order valence-electron chi connectivity index (χ1n) is 7.27. The Balaban J connectivity index is 2.13. The average Bonchev–Trinajstić information content (AvgIpc) is 2.45. The highest BCUT2D eigenvalue weighted by Gasteiger charge is 2.17. The Morgan fingerprint density at radius 2 is 1.39 bits per heavy atom. The monoisotopic (exact) mass is 312 g/mol. The molecule has 0 fully saturated rings. The van der Waals surface area contributed by atoms with Gasteiger partial charge in [0.25, 0.3) is 0 Å². The zero-order valence-corrected chi connectivity index (χ0v) is 13.7. The van der Waals surface area contributed by atoms with Crippen molar-refractivity contribution in [2.75, 3.05) is 10.6 Å². The van der Waals surface area contributed by atoms with Crippen molar-refractivity contribution in [1.29, 1.82) is 0 Å². The van der Waals surface area contributed by atoms with Crippen LogP contribution in [0.5, 0.6) is 5.75 Å². The topological polar surface area (TPSA) is 78.4 Å². The molecule has 0 saturated carbocycles. The summed E-state index contributed by atoms with van der Waals surface area (Å²) in [5.41, 5.74) is 4.73. The molecule has 120 valence electrons. The summed E-state index contributed by atoms with van der Waals surface area (Å²) in [7, 11) is 0. The summed E-state index contributed by atoms with van der Waals surface area (Å²) in [6.45, 7) is 7.49. The molecule has 23 heavy (non-hydrogen) atoms. The number of aromatic hydroxyl groups is 1. The molecular formula is C18H20N2O3. The molecule has 2 rings (SSSR count). The van der Waals surface area contributed by atoms with E-state index >= 15 is 0 Å². The molecule has 0 saturated heterocycles. The van der Waals surface area contributed by atoms with E-state index in [9.17, 15) is 14.7 Å². The zero-order valence-electron chi connectivity index (χ0n) is 13.7. The molecule has 0 aromatic heterocycles. The van der Waals surface area contributed by atoms with Crippen molar-refractivity contribution < 1.29 is 14.7 Å². The van der Waals surface area contributed by atoms with Gasteiger partial charge in [-0.2, -0.15) is 0 Å². The summed E-state index contributed by atoms with van der Waals surface area (Å²) in [6.07, 6.45) is 0. The van der Waals surface area contributed by atoms with Crippen molar-refractivity contribution in [3.63, 3.8) is 0 Å². The molecule has 2 aromatic rings. The number of carbonyl (C=O) groups is 2. The Morgan fingerprint density at radius 3 is 1.96 bits per heavy atom. The molecule has 3 N–H and O–H groups in total. The maximum atomic E-state index is 12.1. The minimum absolute atomic E-state index is 0.107. The molecule has 0 radical (unpaired) electrons. The average molecular weight is 312 g/mol. The first kappa shape index (κ1) is 16.5. The Labute approximate surface area is 135 Å². The van der Waals surface area contributed by atoms with Gasteiger partial charge in [-0.15, -0.1) is 0 Å². The fraction of sp³-hybridized carbons (Fsp3) is 0.222. The van der Waals surface area contributed by atoms with Gasteiger partial charge in [0.1, 0.15) is 5.75 Å². The lowest BCUT2D eigenvalue weighted by Crippen LogP contribution is -2.29. The molecule has 0 aliphatic heterocycles. The number of phenols is 1. The zero-order chi connectivity index (χ0) is 17.1. The molecule has 0 aliphatic carbocycles. The fourth-order valence-electron chi connectivity index (χ4n) is 2.51. The van der Waals surface area contributed by atoms with E-state index in [1.165, 1.54) is 12.1 Å². The minimum atomic E-state index is -0.752. The van der Waals surface area contributed by atoms with Gasteiger partial charge in [0.05, 0.1) is 0 Å². The summed E-state index contributed by atoms with van der Waals surface area (Å²) in [5, 5.41) is 14.6. The van der Waals surface area contributed by atoms with Crippen molar-refractivity contribution in [3.8, 4) is 5.75 Å². The second-order valence-electron chi connectivity index (χ2n) is 5.68. The van der Waals surface area contributed by atoms with Gasteiger partial charge in [0.2, 0.25) is 0 Å². The van der Waals surface area contributed by atoms with Crippen LogP contribution < -0.4 is 10.6 Å². The highest BCUT2D eigenvalue weighted by atomic mass is 16.3. The number of rotatable bonds is 2. The molecule has 5 heteroatoms. The molecule has 0 bridgehead atoms. The highest BCUT2D eigenvalue weighted by Crippen LogP contribution is 2.23. The van der Waals surface area contributed by atoms with Crippen LogP contribution in [0.15, 0.2) is 30.3 Å². The number of aryl methyl sites for hydroxylation is 4. The molecule has 2 amide bonds. The van der Waals surface area contributed by atoms with Gasteiger partial charge in [-0.05, 0) is 62.6 Å². The molecule has 0 aliphatic rings. The van der Waals surface area contributed by atoms with Crippen LogP contribution in [-0.2, 0) is 9.59 Å². The summed E-state index contributed by atoms with van der Waals surface area (Å²) in [6, 6.07) is 8.42. The predicted molar refractivity (Wildman–Crippen MR) is 90.8 cm³/mol. The Morgan fingerprint density at radius 1 is 0.826 bits per heavy atom. The molecule has 5 nitrogen and oxygen atoms in total. The second-order valence-corrected chi connectivity index (χ2v) is 5.68. The predicted octanol–water partition coefficient (Wildman–Crippen LogP) is 3.20. The van der Waals surface area contributed by atoms with E-state index < -0.39 is 11.8 Å². The standard InChI is InChI=1S/C18H20N2O3/c1-10-7-12(3)16(13(4)8-10)20-18(23)17(22)19-15-6-5-14(21)9-11(15)2/h5-9,21H,1-4H3,(H,19,22)(H,20,23). The maximum absolute atomic E-state index is 12.1. The first-order chi connectivity index (χ1) is 10.8. The third-order valence-corrected chi connectivity index (χ3v) is 3.58. The van der Waals surface area contributed by atoms with Crippen molar-refractivity contribution >= 4 is 23.2 Å². The van der Waals surface area contributed by atoms with Crippen LogP contribution in [-0.4, -0.2) is 16.9 Å². The van der Waals surface area contributed by atoms with Crippen LogP contribution in [0.1, 0.15) is 22.3 Å². The molecule has 0 atom stereocenters. The number of benzene rings is 2. The first-order valence-corrected chi connectivity index (χ1v) is 7.27. The van der Waals surface area contributed by atoms with E-state index in [-0.39, 0.29) is 5.75 Å². The molecule has 0 unspecified atom stereocenters. The van der Waals surface area contributed by atoms with Crippen molar-refractivity contribution in [1.82, 2.24) is 0 Å². The Bertz CT molecular complexity index is 759. The van der Waals surface area contributed by atoms with Gasteiger partial charge in [0, 0.05) is 11.4 Å². The normalized spacial score (nSPS) is 10.3. The van der Waals surface area contributed by atoms with Crippen molar-refractivity contribution in [2.45, 2.75) is 27.7 Å². The van der Waals surface area contributed by atoms with Crippen LogP contribution in [0, 0.1) is 27.7 Å². The Kier molecular flexibility index (Phi) is 4.69. The second kappa shape index (κ2) is 6.52. The molecule has 0 heterocycles. The number of hydrogen-bond donors (Lipinski definition) is 3. The van der Waals surface area contributed by atoms with E-state index in [1.807, 2.05) is 32.9 Å². The van der Waals surface area contributed by atoms with E-state index in [0.717, 1.165) is 16.7 Å². The van der Waals surface area contributed by atoms with Crippen LogP contribution in [0.3, 0.4) is 0 Å². The molecule has 0 spiro atoms. The van der Waals surface area contributed by atoms with Crippen molar-refractivity contribution in [2.24, 2.45) is 0 Å². The smallest absolute Gasteiger partial charge is 0.314 e. The summed E-state index contributed by atoms with van der Waals surface area (Å²) >= 11 is 0. The Hall–Kier alpha value is -2.82. The van der Waals surface area contributed by atoms with E-state index in [2.05, 4.69) is 10.6 Å². The number of nitrogens with one attached hydrogen (secondary N) is 2. The maximum Gasteiger partial charge on any atom is 0.314 e. The van der Waals surface area contributed by atoms with Gasteiger partial charge >= 0.3 is 11.8 Å². The summed E-state index contributed by atoms with van der Waals surface area (Å²) in [5.74, 6) is -1.37. The number of phenolic OH excluding ortho intramolecular Hbond substituents is 1. The van der Waals surface area contributed by atoms with Gasteiger partial charge in [-0.25, -0.2) is 0 Å². The summed E-state index contributed by atoms with van der Waals surface area (Å²) < 4.78 is 0.